The number of likely N-dealkylation sites (tertiary alicyclic amines) is 1. The molecule has 2 aliphatic rings. The zero-order valence-electron chi connectivity index (χ0n) is 20.1. The number of fused-ring (bicyclic) bond motifs is 1. The number of carbonyl (C=O) groups excluding carboxylic acids is 1. The van der Waals surface area contributed by atoms with E-state index < -0.39 is 9.84 Å². The predicted octanol–water partition coefficient (Wildman–Crippen LogP) is 2.31. The van der Waals surface area contributed by atoms with Gasteiger partial charge in [0.2, 0.25) is 0 Å². The molecule has 4 aromatic rings. The number of hydrogen-bond donors (Lipinski definition) is 0. The summed E-state index contributed by atoms with van der Waals surface area (Å²) in [6.07, 6.45) is 5.49. The van der Waals surface area contributed by atoms with Crippen LogP contribution in [0.25, 0.3) is 27.8 Å². The van der Waals surface area contributed by atoms with Crippen LogP contribution < -0.4 is 9.47 Å². The Balaban J connectivity index is 1.33. The third kappa shape index (κ3) is 3.53. The number of rotatable bonds is 5. The number of ether oxygens (including phenoxy) is 2. The van der Waals surface area contributed by atoms with Crippen LogP contribution in [-0.2, 0) is 16.9 Å². The van der Waals surface area contributed by atoms with E-state index in [1.165, 1.54) is 14.2 Å². The predicted molar refractivity (Wildman–Crippen MR) is 133 cm³/mol. The van der Waals surface area contributed by atoms with Crippen LogP contribution >= 0.6 is 0 Å². The van der Waals surface area contributed by atoms with Gasteiger partial charge in [-0.2, -0.15) is 5.10 Å². The van der Waals surface area contributed by atoms with E-state index in [4.69, 9.17) is 9.47 Å². The smallest absolute Gasteiger partial charge is 0.261 e. The number of methoxy groups -OCH3 is 2. The first-order chi connectivity index (χ1) is 17.2. The van der Waals surface area contributed by atoms with Gasteiger partial charge in [0.1, 0.15) is 23.4 Å². The molecule has 0 unspecified atom stereocenters. The van der Waals surface area contributed by atoms with Crippen molar-refractivity contribution in [2.45, 2.75) is 0 Å². The van der Waals surface area contributed by atoms with Gasteiger partial charge in [0.05, 0.1) is 48.6 Å². The molecule has 0 N–H and O–H groups in total. The Kier molecular flexibility index (Phi) is 4.91. The Morgan fingerprint density at radius 2 is 1.72 bits per heavy atom. The number of carbonyl (C=O) groups is 1. The average Bonchev–Trinajstić information content (AvgIpc) is 3.45. The summed E-state index contributed by atoms with van der Waals surface area (Å²) in [4.78, 5) is 19.6. The van der Waals surface area contributed by atoms with Gasteiger partial charge in [-0.3, -0.25) is 14.0 Å². The lowest BCUT2D eigenvalue weighted by atomic mass is 9.82. The molecule has 186 valence electrons. The Morgan fingerprint density at radius 1 is 1.03 bits per heavy atom. The van der Waals surface area contributed by atoms with Crippen LogP contribution in [0.15, 0.2) is 49.1 Å². The maximum Gasteiger partial charge on any atom is 0.261 e. The van der Waals surface area contributed by atoms with Crippen molar-refractivity contribution in [1.82, 2.24) is 24.2 Å². The van der Waals surface area contributed by atoms with E-state index in [-0.39, 0.29) is 22.8 Å². The molecule has 2 aliphatic heterocycles. The molecule has 2 aromatic carbocycles. The average molecular weight is 508 g/mol. The van der Waals surface area contributed by atoms with Crippen molar-refractivity contribution < 1.29 is 22.7 Å². The second-order valence-electron chi connectivity index (χ2n) is 9.64. The fourth-order valence-corrected chi connectivity index (χ4v) is 7.50. The quantitative estimate of drug-likeness (QED) is 0.408. The highest BCUT2D eigenvalue weighted by atomic mass is 32.2. The van der Waals surface area contributed by atoms with E-state index in [0.717, 1.165) is 27.8 Å². The van der Waals surface area contributed by atoms with Crippen LogP contribution in [0.1, 0.15) is 10.4 Å². The normalized spacial score (nSPS) is 17.6. The lowest BCUT2D eigenvalue weighted by Crippen LogP contribution is -2.69. The van der Waals surface area contributed by atoms with E-state index in [9.17, 15) is 13.2 Å². The zero-order valence-corrected chi connectivity index (χ0v) is 20.9. The van der Waals surface area contributed by atoms with Crippen LogP contribution in [0, 0.1) is 5.41 Å². The van der Waals surface area contributed by atoms with Crippen LogP contribution in [0.3, 0.4) is 0 Å². The molecular formula is C25H25N5O5S. The summed E-state index contributed by atoms with van der Waals surface area (Å²) in [7, 11) is 1.95. The first-order valence-electron chi connectivity index (χ1n) is 11.4. The zero-order chi connectivity index (χ0) is 25.2. The molecular weight excluding hydrogens is 482 g/mol. The number of hydrogen-bond acceptors (Lipinski definition) is 7. The van der Waals surface area contributed by atoms with E-state index in [1.54, 1.807) is 28.0 Å². The molecule has 2 aromatic heterocycles. The maximum atomic E-state index is 13.4. The largest absolute Gasteiger partial charge is 0.496 e. The Morgan fingerprint density at radius 3 is 2.31 bits per heavy atom. The van der Waals surface area contributed by atoms with Gasteiger partial charge in [-0.05, 0) is 17.7 Å². The highest BCUT2D eigenvalue weighted by Crippen LogP contribution is 2.44. The Labute approximate surface area is 208 Å². The number of imidazole rings is 1. The molecule has 6 rings (SSSR count). The number of aryl methyl sites for hydroxylation is 1. The highest BCUT2D eigenvalue weighted by molar-refractivity contribution is 7.92. The van der Waals surface area contributed by atoms with Crippen LogP contribution in [0.4, 0.5) is 0 Å². The van der Waals surface area contributed by atoms with E-state index in [2.05, 4.69) is 10.1 Å². The minimum absolute atomic E-state index is 0.146. The van der Waals surface area contributed by atoms with Gasteiger partial charge in [0, 0.05) is 49.4 Å². The summed E-state index contributed by atoms with van der Waals surface area (Å²) >= 11 is 0. The highest BCUT2D eigenvalue weighted by Gasteiger charge is 2.57. The Hall–Kier alpha value is -3.86. The summed E-state index contributed by atoms with van der Waals surface area (Å²) in [5.74, 6) is 0.818. The lowest BCUT2D eigenvalue weighted by molar-refractivity contribution is 0.0196. The van der Waals surface area contributed by atoms with Gasteiger partial charge >= 0.3 is 0 Å². The molecule has 1 spiro atoms. The summed E-state index contributed by atoms with van der Waals surface area (Å²) in [6.45, 7) is 0.842. The first-order valence-corrected chi connectivity index (χ1v) is 13.3. The molecule has 0 radical (unpaired) electrons. The molecule has 0 atom stereocenters. The molecule has 0 saturated carbocycles. The fourth-order valence-electron chi connectivity index (χ4n) is 5.35. The lowest BCUT2D eigenvalue weighted by Gasteiger charge is -2.54. The van der Waals surface area contributed by atoms with Gasteiger partial charge < -0.3 is 14.4 Å². The van der Waals surface area contributed by atoms with E-state index >= 15 is 0 Å². The monoisotopic (exact) mass is 507 g/mol. The number of benzene rings is 2. The van der Waals surface area contributed by atoms with Gasteiger partial charge in [-0.25, -0.2) is 13.4 Å². The second-order valence-corrected chi connectivity index (χ2v) is 11.7. The number of amides is 1. The topological polar surface area (TPSA) is 109 Å². The van der Waals surface area contributed by atoms with E-state index in [1.807, 2.05) is 42.2 Å². The molecule has 0 bridgehead atoms. The third-order valence-corrected chi connectivity index (χ3v) is 9.06. The second kappa shape index (κ2) is 7.82. The van der Waals surface area contributed by atoms with Gasteiger partial charge in [0.15, 0.2) is 9.84 Å². The summed E-state index contributed by atoms with van der Waals surface area (Å²) in [5.41, 5.74) is 4.50. The molecule has 10 nitrogen and oxygen atoms in total. The fraction of sp³-hybridized carbons (Fsp3) is 0.320. The molecule has 11 heteroatoms. The van der Waals surface area contributed by atoms with Gasteiger partial charge in [0.25, 0.3) is 5.91 Å². The molecule has 0 aliphatic carbocycles. The molecule has 1 amide bonds. The van der Waals surface area contributed by atoms with E-state index in [0.29, 0.717) is 30.2 Å². The van der Waals surface area contributed by atoms with Gasteiger partial charge in [-0.1, -0.05) is 6.07 Å². The van der Waals surface area contributed by atoms with Crippen molar-refractivity contribution in [2.75, 3.05) is 38.8 Å². The number of nitrogens with zero attached hydrogens (tertiary/aromatic N) is 5. The number of sulfone groups is 1. The van der Waals surface area contributed by atoms with Crippen molar-refractivity contribution >= 4 is 26.8 Å². The van der Waals surface area contributed by atoms with Crippen LogP contribution in [-0.4, -0.2) is 77.4 Å². The standard InChI is InChI=1S/C25H25N5O5S/c1-28-10-17(9-27-28)16-4-5-20-19(6-16)26-15-30(20)18-7-21(34-2)23(22(8-18)35-3)24(31)29-11-25(12-29)13-36(32,33)14-25/h4-10,15H,11-14H2,1-3H3. The van der Waals surface area contributed by atoms with Crippen molar-refractivity contribution in [3.8, 4) is 28.3 Å². The summed E-state index contributed by atoms with van der Waals surface area (Å²) in [5, 5.41) is 4.24. The maximum absolute atomic E-state index is 13.4. The SMILES string of the molecule is COc1cc(-n2cnc3cc(-c4cnn(C)c4)ccc32)cc(OC)c1C(=O)N1CC2(C1)CS(=O)(=O)C2. The van der Waals surface area contributed by atoms with Crippen LogP contribution in [0.5, 0.6) is 11.5 Å². The minimum atomic E-state index is -2.96. The molecule has 2 fully saturated rings. The van der Waals surface area contributed by atoms with Gasteiger partial charge in [-0.15, -0.1) is 0 Å². The minimum Gasteiger partial charge on any atom is -0.496 e. The molecule has 4 heterocycles. The first kappa shape index (κ1) is 22.6. The van der Waals surface area contributed by atoms with Crippen molar-refractivity contribution in [1.29, 1.82) is 0 Å². The molecule has 2 saturated heterocycles. The third-order valence-electron chi connectivity index (χ3n) is 6.96. The number of aromatic nitrogens is 4. The van der Waals surface area contributed by atoms with Crippen molar-refractivity contribution in [3.05, 3.63) is 54.6 Å². The molecule has 36 heavy (non-hydrogen) atoms. The van der Waals surface area contributed by atoms with Crippen molar-refractivity contribution in [2.24, 2.45) is 12.5 Å². The summed E-state index contributed by atoms with van der Waals surface area (Å²) in [6, 6.07) is 9.60. The Bertz CT molecular complexity index is 1590. The summed E-state index contributed by atoms with van der Waals surface area (Å²) < 4.78 is 38.2. The van der Waals surface area contributed by atoms with Crippen LogP contribution in [0.2, 0.25) is 0 Å². The van der Waals surface area contributed by atoms with Crippen molar-refractivity contribution in [3.63, 3.8) is 0 Å².